The molecule has 0 saturated heterocycles. The molecular weight excluding hydrogens is 208 g/mol. The van der Waals surface area contributed by atoms with Crippen molar-refractivity contribution in [3.63, 3.8) is 0 Å². The Morgan fingerprint density at radius 3 is 2.19 bits per heavy atom. The predicted octanol–water partition coefficient (Wildman–Crippen LogP) is 2.98. The normalized spacial score (nSPS) is 12.9. The van der Waals surface area contributed by atoms with Crippen LogP contribution in [-0.4, -0.2) is 17.2 Å². The van der Waals surface area contributed by atoms with Gasteiger partial charge in [-0.15, -0.1) is 0 Å². The fourth-order valence-corrected chi connectivity index (χ4v) is 0.636. The average molecular weight is 230 g/mol. The lowest BCUT2D eigenvalue weighted by Crippen LogP contribution is -2.23. The van der Waals surface area contributed by atoms with E-state index in [0.717, 1.165) is 6.42 Å². The predicted molar refractivity (Wildman–Crippen MR) is 61.5 cm³/mol. The molecule has 0 rings (SSSR count). The summed E-state index contributed by atoms with van der Waals surface area (Å²) in [5, 5.41) is 0. The highest BCUT2D eigenvalue weighted by atomic mass is 17.2. The van der Waals surface area contributed by atoms with Crippen molar-refractivity contribution >= 4 is 5.97 Å². The van der Waals surface area contributed by atoms with Gasteiger partial charge in [-0.1, -0.05) is 6.92 Å². The van der Waals surface area contributed by atoms with Crippen LogP contribution in [0.4, 0.5) is 0 Å². The fourth-order valence-electron chi connectivity index (χ4n) is 0.636. The number of hydrogen-bond acceptors (Lipinski definition) is 4. The van der Waals surface area contributed by atoms with Crippen LogP contribution in [0.2, 0.25) is 0 Å². The Kier molecular flexibility index (Phi) is 5.51. The molecule has 0 aromatic rings. The Hall–Kier alpha value is -1.03. The van der Waals surface area contributed by atoms with E-state index >= 15 is 0 Å². The summed E-state index contributed by atoms with van der Waals surface area (Å²) in [5.41, 5.74) is -0.858. The number of ether oxygens (including phenoxy) is 1. The molecule has 0 atom stereocenters. The van der Waals surface area contributed by atoms with E-state index in [2.05, 4.69) is 0 Å². The van der Waals surface area contributed by atoms with Gasteiger partial charge in [0.15, 0.2) is 0 Å². The third kappa shape index (κ3) is 8.29. The van der Waals surface area contributed by atoms with Crippen LogP contribution in [0.25, 0.3) is 0 Å². The second-order valence-electron chi connectivity index (χ2n) is 5.13. The van der Waals surface area contributed by atoms with Gasteiger partial charge in [0.25, 0.3) is 0 Å². The zero-order valence-electron chi connectivity index (χ0n) is 11.0. The van der Waals surface area contributed by atoms with Gasteiger partial charge in [-0.05, 0) is 41.0 Å². The van der Waals surface area contributed by atoms with Gasteiger partial charge in [-0.25, -0.2) is 4.79 Å². The van der Waals surface area contributed by atoms with Crippen molar-refractivity contribution in [1.29, 1.82) is 0 Å². The van der Waals surface area contributed by atoms with Crippen molar-refractivity contribution in [2.24, 2.45) is 0 Å². The van der Waals surface area contributed by atoms with E-state index in [0.29, 0.717) is 0 Å². The maximum Gasteiger partial charge on any atom is 0.334 e. The summed E-state index contributed by atoms with van der Waals surface area (Å²) >= 11 is 0. The summed E-state index contributed by atoms with van der Waals surface area (Å²) in [4.78, 5) is 21.1. The first kappa shape index (κ1) is 15.0. The lowest BCUT2D eigenvalue weighted by molar-refractivity contribution is -0.316. The molecule has 0 spiro atoms. The van der Waals surface area contributed by atoms with Gasteiger partial charge in [0.05, 0.1) is 6.08 Å². The largest absolute Gasteiger partial charge is 0.457 e. The van der Waals surface area contributed by atoms with E-state index in [4.69, 9.17) is 14.5 Å². The molecule has 94 valence electrons. The highest BCUT2D eigenvalue weighted by Gasteiger charge is 2.17. The molecule has 0 amide bonds. The highest BCUT2D eigenvalue weighted by molar-refractivity contribution is 5.81. The summed E-state index contributed by atoms with van der Waals surface area (Å²) in [6.45, 7) is 11.2. The van der Waals surface area contributed by atoms with Crippen molar-refractivity contribution in [3.05, 3.63) is 12.3 Å². The van der Waals surface area contributed by atoms with E-state index in [9.17, 15) is 4.79 Å². The zero-order chi connectivity index (χ0) is 12.8. The van der Waals surface area contributed by atoms with Crippen LogP contribution in [0.15, 0.2) is 12.3 Å². The Balaban J connectivity index is 3.90. The minimum absolute atomic E-state index is 0.363. The molecule has 0 fully saturated rings. The molecule has 0 aliphatic heterocycles. The SMILES string of the molecule is CCC(C)(C)OOC=CC(=O)OC(C)(C)C. The lowest BCUT2D eigenvalue weighted by atomic mass is 10.1. The van der Waals surface area contributed by atoms with E-state index in [-0.39, 0.29) is 5.60 Å². The van der Waals surface area contributed by atoms with Crippen LogP contribution >= 0.6 is 0 Å². The average Bonchev–Trinajstić information content (AvgIpc) is 2.10. The molecule has 0 aliphatic rings. The van der Waals surface area contributed by atoms with Gasteiger partial charge in [0.2, 0.25) is 0 Å². The van der Waals surface area contributed by atoms with Crippen molar-refractivity contribution in [2.75, 3.05) is 0 Å². The first-order valence-electron chi connectivity index (χ1n) is 5.40. The molecular formula is C12H22O4. The van der Waals surface area contributed by atoms with Crippen LogP contribution in [0.5, 0.6) is 0 Å². The van der Waals surface area contributed by atoms with Gasteiger partial charge in [-0.3, -0.25) is 0 Å². The zero-order valence-corrected chi connectivity index (χ0v) is 11.0. The third-order valence-electron chi connectivity index (χ3n) is 1.79. The molecule has 0 radical (unpaired) electrons. The second-order valence-corrected chi connectivity index (χ2v) is 5.13. The second kappa shape index (κ2) is 5.89. The minimum Gasteiger partial charge on any atom is -0.457 e. The number of esters is 1. The summed E-state index contributed by atoms with van der Waals surface area (Å²) in [5.74, 6) is -0.453. The van der Waals surface area contributed by atoms with Gasteiger partial charge in [0.1, 0.15) is 17.5 Å². The number of hydrogen-bond donors (Lipinski definition) is 0. The maximum atomic E-state index is 11.2. The smallest absolute Gasteiger partial charge is 0.334 e. The van der Waals surface area contributed by atoms with E-state index in [1.165, 1.54) is 12.3 Å². The summed E-state index contributed by atoms with van der Waals surface area (Å²) in [6, 6.07) is 0. The molecule has 0 aliphatic carbocycles. The molecule has 0 saturated carbocycles. The van der Waals surface area contributed by atoms with Crippen molar-refractivity contribution in [2.45, 2.75) is 59.2 Å². The molecule has 0 unspecified atom stereocenters. The van der Waals surface area contributed by atoms with E-state index in [1.807, 2.05) is 20.8 Å². The van der Waals surface area contributed by atoms with Gasteiger partial charge in [-0.2, -0.15) is 4.89 Å². The molecule has 0 N–H and O–H groups in total. The quantitative estimate of drug-likeness (QED) is 0.239. The number of rotatable bonds is 5. The van der Waals surface area contributed by atoms with Gasteiger partial charge >= 0.3 is 5.97 Å². The fraction of sp³-hybridized carbons (Fsp3) is 0.750. The maximum absolute atomic E-state index is 11.2. The molecule has 0 aromatic heterocycles. The molecule has 0 bridgehead atoms. The first-order chi connectivity index (χ1) is 7.16. The Bertz CT molecular complexity index is 248. The van der Waals surface area contributed by atoms with Crippen LogP contribution in [0, 0.1) is 0 Å². The van der Waals surface area contributed by atoms with Crippen molar-refractivity contribution in [3.8, 4) is 0 Å². The van der Waals surface area contributed by atoms with Crippen molar-refractivity contribution < 1.29 is 19.3 Å². The molecule has 4 heteroatoms. The van der Waals surface area contributed by atoms with Crippen molar-refractivity contribution in [1.82, 2.24) is 0 Å². The third-order valence-corrected chi connectivity index (χ3v) is 1.79. The highest BCUT2D eigenvalue weighted by Crippen LogP contribution is 2.13. The Morgan fingerprint density at radius 1 is 1.19 bits per heavy atom. The van der Waals surface area contributed by atoms with Crippen LogP contribution in [0.3, 0.4) is 0 Å². The van der Waals surface area contributed by atoms with E-state index < -0.39 is 11.6 Å². The van der Waals surface area contributed by atoms with Crippen LogP contribution in [0.1, 0.15) is 48.0 Å². The first-order valence-corrected chi connectivity index (χ1v) is 5.40. The van der Waals surface area contributed by atoms with E-state index in [1.54, 1.807) is 20.8 Å². The molecule has 0 heterocycles. The summed E-state index contributed by atoms with van der Waals surface area (Å²) in [6.07, 6.45) is 3.19. The number of carbonyl (C=O) groups excluding carboxylic acids is 1. The Labute approximate surface area is 97.5 Å². The Morgan fingerprint density at radius 2 is 1.75 bits per heavy atom. The van der Waals surface area contributed by atoms with Crippen LogP contribution in [-0.2, 0) is 19.3 Å². The summed E-state index contributed by atoms with van der Waals surface area (Å²) < 4.78 is 5.03. The molecule has 0 aromatic carbocycles. The van der Waals surface area contributed by atoms with Crippen LogP contribution < -0.4 is 0 Å². The van der Waals surface area contributed by atoms with Gasteiger partial charge < -0.3 is 9.62 Å². The number of carbonyl (C=O) groups is 1. The monoisotopic (exact) mass is 230 g/mol. The summed E-state index contributed by atoms with van der Waals surface area (Å²) in [7, 11) is 0. The standard InChI is InChI=1S/C12H22O4/c1-7-12(5,6)16-14-9-8-10(13)15-11(2,3)4/h8-9H,7H2,1-6H3. The molecule has 4 nitrogen and oxygen atoms in total. The topological polar surface area (TPSA) is 44.8 Å². The lowest BCUT2D eigenvalue weighted by Gasteiger charge is -2.20. The molecule has 16 heavy (non-hydrogen) atoms. The minimum atomic E-state index is -0.495. The van der Waals surface area contributed by atoms with Gasteiger partial charge in [0, 0.05) is 0 Å².